The number of hydrogen-bond acceptors (Lipinski definition) is 7. The largest absolute Gasteiger partial charge is 0.478 e. The molecule has 1 aromatic heterocycles. The number of aldehydes is 1. The number of morpholine rings is 1. The number of aliphatic carboxylic acids is 1. The summed E-state index contributed by atoms with van der Waals surface area (Å²) in [6.07, 6.45) is 5.12. The Morgan fingerprint density at radius 3 is 2.88 bits per heavy atom. The molecule has 0 aliphatic carbocycles. The van der Waals surface area contributed by atoms with Gasteiger partial charge in [-0.2, -0.15) is 0 Å². The van der Waals surface area contributed by atoms with Crippen LogP contribution in [-0.4, -0.2) is 85.1 Å². The first kappa shape index (κ1) is 20.0. The number of aromatic nitrogens is 1. The quantitative estimate of drug-likeness (QED) is 0.460. The summed E-state index contributed by atoms with van der Waals surface area (Å²) >= 11 is 0. The lowest BCUT2D eigenvalue weighted by molar-refractivity contribution is -0.131. The highest BCUT2D eigenvalue weighted by Crippen LogP contribution is 2.17. The summed E-state index contributed by atoms with van der Waals surface area (Å²) in [6.45, 7) is 5.85. The van der Waals surface area contributed by atoms with E-state index in [1.54, 1.807) is 13.2 Å². The van der Waals surface area contributed by atoms with Crippen molar-refractivity contribution in [3.8, 4) is 0 Å². The number of ether oxygens (including phenoxy) is 1. The van der Waals surface area contributed by atoms with Gasteiger partial charge in [0.1, 0.15) is 12.1 Å². The van der Waals surface area contributed by atoms with Gasteiger partial charge in [0.2, 0.25) is 0 Å². The van der Waals surface area contributed by atoms with Gasteiger partial charge in [-0.25, -0.2) is 9.78 Å². The van der Waals surface area contributed by atoms with Crippen molar-refractivity contribution >= 4 is 24.1 Å². The van der Waals surface area contributed by atoms with E-state index in [2.05, 4.69) is 20.1 Å². The number of carbonyl (C=O) groups excluding carboxylic acids is 1. The molecule has 1 aliphatic rings. The Labute approximate surface area is 153 Å². The van der Waals surface area contributed by atoms with Gasteiger partial charge in [0.15, 0.2) is 0 Å². The van der Waals surface area contributed by atoms with Crippen LogP contribution in [0.1, 0.15) is 11.1 Å². The average molecular weight is 362 g/mol. The molecule has 8 heteroatoms. The first-order valence-corrected chi connectivity index (χ1v) is 8.66. The maximum Gasteiger partial charge on any atom is 0.328 e. The predicted molar refractivity (Wildman–Crippen MR) is 99.1 cm³/mol. The van der Waals surface area contributed by atoms with Crippen molar-refractivity contribution in [1.29, 1.82) is 0 Å². The molecule has 0 aromatic carbocycles. The first-order valence-electron chi connectivity index (χ1n) is 8.66. The number of anilines is 1. The molecule has 2 N–H and O–H groups in total. The number of hydrogen-bond donors (Lipinski definition) is 2. The highest BCUT2D eigenvalue weighted by atomic mass is 16.5. The predicted octanol–water partition coefficient (Wildman–Crippen LogP) is 0.554. The van der Waals surface area contributed by atoms with Crippen molar-refractivity contribution in [1.82, 2.24) is 14.8 Å². The monoisotopic (exact) mass is 362 g/mol. The SMILES string of the molecule is CNc1ncc(/C=C/C(=O)O)cc1CN(CC=O)CCN1CCOCC1. The Bertz CT molecular complexity index is 630. The molecule has 142 valence electrons. The third kappa shape index (κ3) is 6.55. The normalized spacial score (nSPS) is 15.5. The maximum absolute atomic E-state index is 11.1. The fourth-order valence-electron chi connectivity index (χ4n) is 2.82. The van der Waals surface area contributed by atoms with Gasteiger partial charge in [-0.05, 0) is 17.7 Å². The lowest BCUT2D eigenvalue weighted by atomic mass is 10.1. The van der Waals surface area contributed by atoms with Crippen LogP contribution in [0, 0.1) is 0 Å². The van der Waals surface area contributed by atoms with Crippen molar-refractivity contribution in [2.75, 3.05) is 58.3 Å². The summed E-state index contributed by atoms with van der Waals surface area (Å²) in [7, 11) is 1.79. The lowest BCUT2D eigenvalue weighted by Gasteiger charge is -2.29. The second kappa shape index (κ2) is 10.6. The molecule has 2 heterocycles. The number of nitrogens with zero attached hydrogens (tertiary/aromatic N) is 3. The molecule has 0 bridgehead atoms. The minimum Gasteiger partial charge on any atom is -0.478 e. The van der Waals surface area contributed by atoms with Crippen molar-refractivity contribution in [2.24, 2.45) is 0 Å². The van der Waals surface area contributed by atoms with Crippen LogP contribution in [0.25, 0.3) is 6.08 Å². The van der Waals surface area contributed by atoms with E-state index in [9.17, 15) is 9.59 Å². The molecule has 26 heavy (non-hydrogen) atoms. The van der Waals surface area contributed by atoms with Crippen molar-refractivity contribution in [3.05, 3.63) is 29.5 Å². The van der Waals surface area contributed by atoms with E-state index in [0.717, 1.165) is 63.1 Å². The van der Waals surface area contributed by atoms with E-state index in [0.29, 0.717) is 18.7 Å². The van der Waals surface area contributed by atoms with Crippen LogP contribution < -0.4 is 5.32 Å². The number of carbonyl (C=O) groups is 2. The summed E-state index contributed by atoms with van der Waals surface area (Å²) in [4.78, 5) is 30.5. The zero-order valence-corrected chi connectivity index (χ0v) is 15.1. The topological polar surface area (TPSA) is 95.0 Å². The van der Waals surface area contributed by atoms with Crippen LogP contribution in [0.5, 0.6) is 0 Å². The number of carboxylic acid groups (broad SMARTS) is 1. The molecular weight excluding hydrogens is 336 g/mol. The number of rotatable bonds is 10. The Hall–Kier alpha value is -2.29. The molecule has 2 rings (SSSR count). The van der Waals surface area contributed by atoms with E-state index >= 15 is 0 Å². The van der Waals surface area contributed by atoms with Gasteiger partial charge in [-0.3, -0.25) is 9.80 Å². The standard InChI is InChI=1S/C18H26N4O4/c1-19-18-16(12-15(13-20-18)2-3-17(24)25)14-22(6-9-23)5-4-21-7-10-26-11-8-21/h2-3,9,12-13H,4-8,10-11,14H2,1H3,(H,19,20)(H,24,25)/b3-2+. The van der Waals surface area contributed by atoms with Gasteiger partial charge >= 0.3 is 5.97 Å². The van der Waals surface area contributed by atoms with E-state index in [-0.39, 0.29) is 0 Å². The van der Waals surface area contributed by atoms with Crippen LogP contribution in [0.15, 0.2) is 18.3 Å². The third-order valence-corrected chi connectivity index (χ3v) is 4.21. The molecule has 8 nitrogen and oxygen atoms in total. The smallest absolute Gasteiger partial charge is 0.328 e. The van der Waals surface area contributed by atoms with Crippen LogP contribution in [0.2, 0.25) is 0 Å². The second-order valence-corrected chi connectivity index (χ2v) is 6.05. The molecule has 0 amide bonds. The van der Waals surface area contributed by atoms with Crippen LogP contribution in [0.3, 0.4) is 0 Å². The fourth-order valence-corrected chi connectivity index (χ4v) is 2.82. The minimum atomic E-state index is -1.00. The summed E-state index contributed by atoms with van der Waals surface area (Å²) in [5.41, 5.74) is 1.63. The van der Waals surface area contributed by atoms with Crippen LogP contribution in [-0.2, 0) is 20.9 Å². The summed E-state index contributed by atoms with van der Waals surface area (Å²) in [5, 5.41) is 11.8. The van der Waals surface area contributed by atoms with Gasteiger partial charge in [0, 0.05) is 57.6 Å². The van der Waals surface area contributed by atoms with Crippen molar-refractivity contribution < 1.29 is 19.4 Å². The number of pyridine rings is 1. The molecule has 1 saturated heterocycles. The highest BCUT2D eigenvalue weighted by molar-refractivity contribution is 5.85. The summed E-state index contributed by atoms with van der Waals surface area (Å²) < 4.78 is 5.36. The lowest BCUT2D eigenvalue weighted by Crippen LogP contribution is -2.41. The summed E-state index contributed by atoms with van der Waals surface area (Å²) in [5.74, 6) is -0.280. The number of nitrogens with one attached hydrogen (secondary N) is 1. The van der Waals surface area contributed by atoms with Gasteiger partial charge in [-0.15, -0.1) is 0 Å². The van der Waals surface area contributed by atoms with Crippen molar-refractivity contribution in [3.63, 3.8) is 0 Å². The highest BCUT2D eigenvalue weighted by Gasteiger charge is 2.14. The number of carboxylic acids is 1. The zero-order valence-electron chi connectivity index (χ0n) is 15.1. The Morgan fingerprint density at radius 2 is 2.23 bits per heavy atom. The van der Waals surface area contributed by atoms with Crippen LogP contribution in [0.4, 0.5) is 5.82 Å². The molecule has 0 atom stereocenters. The van der Waals surface area contributed by atoms with E-state index in [1.165, 1.54) is 6.08 Å². The Balaban J connectivity index is 2.05. The van der Waals surface area contributed by atoms with Gasteiger partial charge < -0.3 is 20.0 Å². The van der Waals surface area contributed by atoms with Crippen LogP contribution >= 0.6 is 0 Å². The molecular formula is C18H26N4O4. The molecule has 0 radical (unpaired) electrons. The Kier molecular flexibility index (Phi) is 8.20. The van der Waals surface area contributed by atoms with E-state index < -0.39 is 5.97 Å². The molecule has 1 aromatic rings. The van der Waals surface area contributed by atoms with Crippen molar-refractivity contribution in [2.45, 2.75) is 6.54 Å². The Morgan fingerprint density at radius 1 is 1.46 bits per heavy atom. The molecule has 0 spiro atoms. The molecule has 1 fully saturated rings. The molecule has 1 aliphatic heterocycles. The molecule has 0 unspecified atom stereocenters. The van der Waals surface area contributed by atoms with Gasteiger partial charge in [0.25, 0.3) is 0 Å². The molecule has 0 saturated carbocycles. The average Bonchev–Trinajstić information content (AvgIpc) is 2.65. The third-order valence-electron chi connectivity index (χ3n) is 4.21. The van der Waals surface area contributed by atoms with E-state index in [4.69, 9.17) is 9.84 Å². The first-order chi connectivity index (χ1) is 12.6. The zero-order chi connectivity index (χ0) is 18.8. The van der Waals surface area contributed by atoms with Gasteiger partial charge in [-0.1, -0.05) is 0 Å². The summed E-state index contributed by atoms with van der Waals surface area (Å²) in [6, 6.07) is 1.89. The maximum atomic E-state index is 11.1. The van der Waals surface area contributed by atoms with E-state index in [1.807, 2.05) is 6.07 Å². The second-order valence-electron chi connectivity index (χ2n) is 6.05. The van der Waals surface area contributed by atoms with Gasteiger partial charge in [0.05, 0.1) is 19.8 Å². The minimum absolute atomic E-state index is 0.336. The fraction of sp³-hybridized carbons (Fsp3) is 0.500.